The van der Waals surface area contributed by atoms with Crippen LogP contribution >= 0.6 is 22.9 Å². The maximum Gasteiger partial charge on any atom is 0.417 e. The zero-order valence-electron chi connectivity index (χ0n) is 13.3. The quantitative estimate of drug-likeness (QED) is 0.789. The number of ether oxygens (including phenoxy) is 1. The Labute approximate surface area is 155 Å². The van der Waals surface area contributed by atoms with Crippen molar-refractivity contribution in [3.63, 3.8) is 0 Å². The number of nitrogens with one attached hydrogen (secondary N) is 2. The summed E-state index contributed by atoms with van der Waals surface area (Å²) < 4.78 is 44.0. The van der Waals surface area contributed by atoms with E-state index in [0.717, 1.165) is 25.0 Å². The van der Waals surface area contributed by atoms with Gasteiger partial charge >= 0.3 is 12.2 Å². The van der Waals surface area contributed by atoms with E-state index < -0.39 is 17.8 Å². The van der Waals surface area contributed by atoms with E-state index in [9.17, 15) is 18.0 Å². The number of carbonyl (C=O) groups excluding carboxylic acids is 1. The zero-order chi connectivity index (χ0) is 18.7. The summed E-state index contributed by atoms with van der Waals surface area (Å²) in [4.78, 5) is 11.9. The molecule has 11 heteroatoms. The highest BCUT2D eigenvalue weighted by molar-refractivity contribution is 7.15. The molecule has 0 radical (unpaired) electrons. The summed E-state index contributed by atoms with van der Waals surface area (Å²) in [7, 11) is 0. The van der Waals surface area contributed by atoms with Crippen molar-refractivity contribution in [1.82, 2.24) is 15.5 Å². The second-order valence-electron chi connectivity index (χ2n) is 5.57. The van der Waals surface area contributed by atoms with Gasteiger partial charge in [-0.3, -0.25) is 5.32 Å². The predicted molar refractivity (Wildman–Crippen MR) is 90.1 cm³/mol. The van der Waals surface area contributed by atoms with Gasteiger partial charge in [0, 0.05) is 13.2 Å². The van der Waals surface area contributed by atoms with Crippen LogP contribution in [0.4, 0.5) is 23.1 Å². The SMILES string of the molecule is O=C(NCc1ccc(Cl)c(C(F)(F)F)c1)Nc1nnc(C2CCCO2)s1. The first-order chi connectivity index (χ1) is 12.3. The van der Waals surface area contributed by atoms with E-state index in [1.165, 1.54) is 17.4 Å². The molecule has 26 heavy (non-hydrogen) atoms. The molecule has 1 aromatic heterocycles. The topological polar surface area (TPSA) is 76.1 Å². The van der Waals surface area contributed by atoms with E-state index in [1.807, 2.05) is 0 Å². The highest BCUT2D eigenvalue weighted by Crippen LogP contribution is 2.35. The van der Waals surface area contributed by atoms with Crippen LogP contribution in [-0.4, -0.2) is 22.8 Å². The van der Waals surface area contributed by atoms with Gasteiger partial charge in [0.15, 0.2) is 0 Å². The first kappa shape index (κ1) is 18.9. The molecule has 1 aliphatic heterocycles. The van der Waals surface area contributed by atoms with Crippen molar-refractivity contribution in [3.05, 3.63) is 39.4 Å². The second-order valence-corrected chi connectivity index (χ2v) is 6.98. The minimum absolute atomic E-state index is 0.0938. The Hall–Kier alpha value is -1.91. The summed E-state index contributed by atoms with van der Waals surface area (Å²) in [6.45, 7) is 0.581. The third-order valence-electron chi connectivity index (χ3n) is 3.66. The van der Waals surface area contributed by atoms with Crippen molar-refractivity contribution >= 4 is 34.1 Å². The van der Waals surface area contributed by atoms with Crippen LogP contribution in [0.25, 0.3) is 0 Å². The summed E-state index contributed by atoms with van der Waals surface area (Å²) in [5.41, 5.74) is -0.668. The maximum absolute atomic E-state index is 12.8. The number of amides is 2. The molecule has 1 atom stereocenters. The van der Waals surface area contributed by atoms with Crippen molar-refractivity contribution in [2.24, 2.45) is 0 Å². The van der Waals surface area contributed by atoms with E-state index in [0.29, 0.717) is 16.7 Å². The normalized spacial score (nSPS) is 17.3. The van der Waals surface area contributed by atoms with Crippen molar-refractivity contribution < 1.29 is 22.7 Å². The van der Waals surface area contributed by atoms with Gasteiger partial charge in [-0.15, -0.1) is 10.2 Å². The monoisotopic (exact) mass is 406 g/mol. The van der Waals surface area contributed by atoms with Gasteiger partial charge < -0.3 is 10.1 Å². The number of nitrogens with zero attached hydrogens (tertiary/aromatic N) is 2. The van der Waals surface area contributed by atoms with Crippen molar-refractivity contribution in [2.75, 3.05) is 11.9 Å². The number of benzene rings is 1. The van der Waals surface area contributed by atoms with Crippen LogP contribution in [0.15, 0.2) is 18.2 Å². The lowest BCUT2D eigenvalue weighted by atomic mass is 10.1. The van der Waals surface area contributed by atoms with Gasteiger partial charge in [0.1, 0.15) is 11.1 Å². The molecule has 1 aliphatic rings. The molecule has 140 valence electrons. The minimum Gasteiger partial charge on any atom is -0.371 e. The number of urea groups is 1. The molecule has 2 heterocycles. The van der Waals surface area contributed by atoms with E-state index >= 15 is 0 Å². The summed E-state index contributed by atoms with van der Waals surface area (Å²) in [6, 6.07) is 2.88. The van der Waals surface area contributed by atoms with Crippen LogP contribution in [0.1, 0.15) is 35.1 Å². The Morgan fingerprint density at radius 3 is 2.88 bits per heavy atom. The number of hydrogen-bond acceptors (Lipinski definition) is 5. The third kappa shape index (κ3) is 4.63. The van der Waals surface area contributed by atoms with Gasteiger partial charge in [0.25, 0.3) is 0 Å². The number of carbonyl (C=O) groups is 1. The van der Waals surface area contributed by atoms with E-state index in [2.05, 4.69) is 20.8 Å². The molecule has 0 aliphatic carbocycles. The van der Waals surface area contributed by atoms with Crippen LogP contribution in [-0.2, 0) is 17.5 Å². The summed E-state index contributed by atoms with van der Waals surface area (Å²) in [6.07, 6.45) is -2.84. The number of alkyl halides is 3. The molecule has 1 unspecified atom stereocenters. The van der Waals surface area contributed by atoms with E-state index in [1.54, 1.807) is 0 Å². The van der Waals surface area contributed by atoms with E-state index in [4.69, 9.17) is 16.3 Å². The molecule has 0 spiro atoms. The molecule has 2 N–H and O–H groups in total. The summed E-state index contributed by atoms with van der Waals surface area (Å²) >= 11 is 6.77. The summed E-state index contributed by atoms with van der Waals surface area (Å²) in [5, 5.41) is 13.4. The molecule has 6 nitrogen and oxygen atoms in total. The lowest BCUT2D eigenvalue weighted by molar-refractivity contribution is -0.137. The van der Waals surface area contributed by atoms with Crippen molar-refractivity contribution in [3.8, 4) is 0 Å². The number of halogens is 4. The fraction of sp³-hybridized carbons (Fsp3) is 0.400. The first-order valence-electron chi connectivity index (χ1n) is 7.68. The molecule has 1 fully saturated rings. The highest BCUT2D eigenvalue weighted by atomic mass is 35.5. The highest BCUT2D eigenvalue weighted by Gasteiger charge is 2.33. The Morgan fingerprint density at radius 1 is 1.38 bits per heavy atom. The molecule has 3 rings (SSSR count). The Balaban J connectivity index is 1.56. The van der Waals surface area contributed by atoms with Crippen molar-refractivity contribution in [1.29, 1.82) is 0 Å². The molecule has 0 saturated carbocycles. The average Bonchev–Trinajstić information content (AvgIpc) is 3.24. The number of aromatic nitrogens is 2. The lowest BCUT2D eigenvalue weighted by Gasteiger charge is -2.11. The fourth-order valence-corrected chi connectivity index (χ4v) is 3.46. The van der Waals surface area contributed by atoms with Gasteiger partial charge in [-0.05, 0) is 30.5 Å². The molecule has 1 aromatic carbocycles. The van der Waals surface area contributed by atoms with Crippen LogP contribution in [0, 0.1) is 0 Å². The predicted octanol–water partition coefficient (Wildman–Crippen LogP) is 4.38. The van der Waals surface area contributed by atoms with Gasteiger partial charge in [0.2, 0.25) is 5.13 Å². The smallest absolute Gasteiger partial charge is 0.371 e. The van der Waals surface area contributed by atoms with Gasteiger partial charge in [-0.2, -0.15) is 13.2 Å². The Bertz CT molecular complexity index is 793. The average molecular weight is 407 g/mol. The lowest BCUT2D eigenvalue weighted by Crippen LogP contribution is -2.28. The van der Waals surface area contributed by atoms with Crippen LogP contribution < -0.4 is 10.6 Å². The van der Waals surface area contributed by atoms with Crippen LogP contribution in [0.3, 0.4) is 0 Å². The molecule has 0 bridgehead atoms. The number of hydrogen-bond donors (Lipinski definition) is 2. The zero-order valence-corrected chi connectivity index (χ0v) is 14.8. The van der Waals surface area contributed by atoms with Gasteiger partial charge in [-0.25, -0.2) is 4.79 Å². The molecular formula is C15H14ClF3N4O2S. The Kier molecular flexibility index (Phi) is 5.64. The van der Waals surface area contributed by atoms with Crippen molar-refractivity contribution in [2.45, 2.75) is 31.7 Å². The third-order valence-corrected chi connectivity index (χ3v) is 4.92. The van der Waals surface area contributed by atoms with Gasteiger partial charge in [0.05, 0.1) is 10.6 Å². The number of anilines is 1. The van der Waals surface area contributed by atoms with Gasteiger partial charge in [-0.1, -0.05) is 29.0 Å². The largest absolute Gasteiger partial charge is 0.417 e. The second kappa shape index (κ2) is 7.77. The Morgan fingerprint density at radius 2 is 2.19 bits per heavy atom. The van der Waals surface area contributed by atoms with E-state index in [-0.39, 0.29) is 23.2 Å². The minimum atomic E-state index is -4.55. The van der Waals surface area contributed by atoms with Crippen LogP contribution in [0.2, 0.25) is 5.02 Å². The molecular weight excluding hydrogens is 393 g/mol. The molecule has 2 aromatic rings. The molecule has 2 amide bonds. The standard InChI is InChI=1S/C15H14ClF3N4O2S/c16-10-4-3-8(6-9(10)15(17,18)19)7-20-13(24)21-14-23-22-12(26-14)11-2-1-5-25-11/h3-4,6,11H,1-2,5,7H2,(H2,20,21,23,24). The maximum atomic E-state index is 12.8. The summed E-state index contributed by atoms with van der Waals surface area (Å²) in [5.74, 6) is 0. The van der Waals surface area contributed by atoms with Crippen LogP contribution in [0.5, 0.6) is 0 Å². The molecule has 1 saturated heterocycles. The fourth-order valence-electron chi connectivity index (χ4n) is 2.41. The first-order valence-corrected chi connectivity index (χ1v) is 8.88. The number of rotatable bonds is 4.